The van der Waals surface area contributed by atoms with Crippen molar-refractivity contribution in [3.05, 3.63) is 87.5 Å². The Hall–Kier alpha value is -2.23. The molecule has 0 amide bonds. The molecule has 5 nitrogen and oxygen atoms in total. The SMILES string of the molecule is CCc1ccc(C2CC(O)CC(SC)O2)cc1Cc1ccc(OC2CCN(C3CCC(C4=C(F)CCC(F)=C4)OC3)C2)c(C)c1. The Balaban J connectivity index is 1.04. The van der Waals surface area contributed by atoms with Crippen molar-refractivity contribution < 1.29 is 28.1 Å². The standard InChI is InChI=1S/C37H47F2NO4S/c1-4-25-6-7-26(36-19-30(41)20-37(44-36)45-3)17-27(25)16-24-5-11-34(23(2)15-24)43-31-13-14-40(21-31)29-9-12-35(42-22-29)32-18-28(38)8-10-33(32)39/h5-7,11,15,17-18,29-31,35-37,41H,4,8-10,12-14,16,19-22H2,1-3H3. The van der Waals surface area contributed by atoms with Crippen LogP contribution in [0.5, 0.6) is 5.75 Å². The molecule has 0 bridgehead atoms. The maximum atomic E-state index is 14.3. The number of halogens is 2. The first kappa shape index (κ1) is 32.7. The van der Waals surface area contributed by atoms with Gasteiger partial charge in [0.25, 0.3) is 0 Å². The van der Waals surface area contributed by atoms with Crippen LogP contribution < -0.4 is 4.74 Å². The van der Waals surface area contributed by atoms with Crippen LogP contribution in [0.15, 0.2) is 59.7 Å². The Kier molecular flexibility index (Phi) is 10.7. The molecule has 3 heterocycles. The van der Waals surface area contributed by atoms with Gasteiger partial charge in [-0.05, 0) is 85.2 Å². The quantitative estimate of drug-likeness (QED) is 0.301. The largest absolute Gasteiger partial charge is 0.489 e. The van der Waals surface area contributed by atoms with Crippen molar-refractivity contribution >= 4 is 11.8 Å². The molecule has 3 saturated heterocycles. The molecule has 4 aliphatic rings. The first-order valence-corrected chi connectivity index (χ1v) is 17.9. The Morgan fingerprint density at radius 2 is 1.89 bits per heavy atom. The Labute approximate surface area is 271 Å². The number of likely N-dealkylation sites (tertiary alicyclic amines) is 1. The molecule has 6 rings (SSSR count). The van der Waals surface area contributed by atoms with E-state index in [9.17, 15) is 13.9 Å². The molecule has 0 radical (unpaired) electrons. The number of benzene rings is 2. The van der Waals surface area contributed by atoms with Gasteiger partial charge in [-0.1, -0.05) is 37.3 Å². The van der Waals surface area contributed by atoms with E-state index in [1.54, 1.807) is 11.8 Å². The normalized spacial score (nSPS) is 29.6. The summed E-state index contributed by atoms with van der Waals surface area (Å²) in [5.74, 6) is 0.446. The van der Waals surface area contributed by atoms with E-state index in [0.717, 1.165) is 55.6 Å². The van der Waals surface area contributed by atoms with E-state index < -0.39 is 0 Å². The average molecular weight is 640 g/mol. The summed E-state index contributed by atoms with van der Waals surface area (Å²) in [5.41, 5.74) is 6.60. The maximum absolute atomic E-state index is 14.3. The van der Waals surface area contributed by atoms with Crippen LogP contribution in [0.25, 0.3) is 0 Å². The van der Waals surface area contributed by atoms with Gasteiger partial charge in [0.05, 0.1) is 24.9 Å². The van der Waals surface area contributed by atoms with Crippen LogP contribution in [0.4, 0.5) is 8.78 Å². The molecule has 45 heavy (non-hydrogen) atoms. The molecular formula is C37H47F2NO4S. The third kappa shape index (κ3) is 7.84. The predicted octanol–water partition coefficient (Wildman–Crippen LogP) is 7.92. The number of rotatable bonds is 9. The van der Waals surface area contributed by atoms with Crippen LogP contribution in [-0.2, 0) is 22.3 Å². The van der Waals surface area contributed by atoms with Crippen LogP contribution in [-0.4, -0.2) is 65.7 Å². The van der Waals surface area contributed by atoms with Crippen molar-refractivity contribution in [2.45, 2.75) is 108 Å². The molecule has 0 aromatic heterocycles. The molecule has 2 aromatic carbocycles. The number of hydrogen-bond acceptors (Lipinski definition) is 6. The van der Waals surface area contributed by atoms with Gasteiger partial charge in [0.15, 0.2) is 0 Å². The van der Waals surface area contributed by atoms with Crippen LogP contribution >= 0.6 is 11.8 Å². The molecule has 1 N–H and O–H groups in total. The van der Waals surface area contributed by atoms with Crippen LogP contribution in [0, 0.1) is 6.92 Å². The van der Waals surface area contributed by atoms with Crippen molar-refractivity contribution in [3.63, 3.8) is 0 Å². The lowest BCUT2D eigenvalue weighted by Gasteiger charge is -2.35. The highest BCUT2D eigenvalue weighted by Gasteiger charge is 2.35. The van der Waals surface area contributed by atoms with Gasteiger partial charge in [-0.2, -0.15) is 0 Å². The molecule has 2 aromatic rings. The van der Waals surface area contributed by atoms with Gasteiger partial charge < -0.3 is 19.3 Å². The van der Waals surface area contributed by atoms with Crippen LogP contribution in [0.1, 0.15) is 85.8 Å². The number of nitrogens with zero attached hydrogens (tertiary/aromatic N) is 1. The molecule has 8 heteroatoms. The van der Waals surface area contributed by atoms with Gasteiger partial charge in [0.2, 0.25) is 0 Å². The Bertz CT molecular complexity index is 1400. The summed E-state index contributed by atoms with van der Waals surface area (Å²) in [6.07, 6.45) is 8.70. The zero-order valence-electron chi connectivity index (χ0n) is 26.8. The minimum Gasteiger partial charge on any atom is -0.489 e. The minimum atomic E-state index is -0.347. The maximum Gasteiger partial charge on any atom is 0.122 e. The van der Waals surface area contributed by atoms with Crippen molar-refractivity contribution in [3.8, 4) is 5.75 Å². The summed E-state index contributed by atoms with van der Waals surface area (Å²) < 4.78 is 47.0. The number of aliphatic hydroxyl groups is 1. The molecule has 0 saturated carbocycles. The van der Waals surface area contributed by atoms with Gasteiger partial charge in [-0.25, -0.2) is 8.78 Å². The van der Waals surface area contributed by atoms with Gasteiger partial charge in [-0.3, -0.25) is 4.90 Å². The summed E-state index contributed by atoms with van der Waals surface area (Å²) in [7, 11) is 0. The second-order valence-corrected chi connectivity index (χ2v) is 14.1. The van der Waals surface area contributed by atoms with E-state index in [0.29, 0.717) is 31.4 Å². The third-order valence-corrected chi connectivity index (χ3v) is 10.8. The number of allylic oxidation sites excluding steroid dienone is 2. The summed E-state index contributed by atoms with van der Waals surface area (Å²) in [4.78, 5) is 2.43. The lowest BCUT2D eigenvalue weighted by Crippen LogP contribution is -2.43. The Morgan fingerprint density at radius 1 is 1.02 bits per heavy atom. The fourth-order valence-corrected chi connectivity index (χ4v) is 8.01. The number of thioether (sulfide) groups is 1. The third-order valence-electron chi connectivity index (χ3n) is 9.94. The fraction of sp³-hybridized carbons (Fsp3) is 0.568. The van der Waals surface area contributed by atoms with E-state index in [2.05, 4.69) is 55.1 Å². The smallest absolute Gasteiger partial charge is 0.122 e. The highest BCUT2D eigenvalue weighted by Crippen LogP contribution is 2.37. The van der Waals surface area contributed by atoms with E-state index in [4.69, 9.17) is 14.2 Å². The molecule has 0 spiro atoms. The van der Waals surface area contributed by atoms with Gasteiger partial charge in [-0.15, -0.1) is 11.8 Å². The number of aryl methyl sites for hydroxylation is 2. The van der Waals surface area contributed by atoms with E-state index in [1.165, 1.54) is 22.8 Å². The van der Waals surface area contributed by atoms with Gasteiger partial charge in [0.1, 0.15) is 28.9 Å². The summed E-state index contributed by atoms with van der Waals surface area (Å²) in [6, 6.07) is 13.5. The molecule has 3 aliphatic heterocycles. The van der Waals surface area contributed by atoms with E-state index in [-0.39, 0.29) is 60.4 Å². The molecule has 3 fully saturated rings. The highest BCUT2D eigenvalue weighted by molar-refractivity contribution is 7.99. The zero-order valence-corrected chi connectivity index (χ0v) is 27.6. The van der Waals surface area contributed by atoms with Crippen molar-refractivity contribution in [2.24, 2.45) is 0 Å². The summed E-state index contributed by atoms with van der Waals surface area (Å²) in [6.45, 7) is 6.63. The number of hydrogen-bond donors (Lipinski definition) is 1. The number of ether oxygens (including phenoxy) is 3. The first-order valence-electron chi connectivity index (χ1n) is 16.6. The van der Waals surface area contributed by atoms with Gasteiger partial charge in [0, 0.05) is 50.4 Å². The zero-order chi connectivity index (χ0) is 31.5. The molecule has 244 valence electrons. The van der Waals surface area contributed by atoms with Gasteiger partial charge >= 0.3 is 0 Å². The molecule has 6 atom stereocenters. The minimum absolute atomic E-state index is 0.0263. The van der Waals surface area contributed by atoms with Crippen LogP contribution in [0.3, 0.4) is 0 Å². The second-order valence-electron chi connectivity index (χ2n) is 13.1. The fourth-order valence-electron chi connectivity index (χ4n) is 7.35. The van der Waals surface area contributed by atoms with Crippen molar-refractivity contribution in [1.82, 2.24) is 4.90 Å². The molecule has 1 aliphatic carbocycles. The highest BCUT2D eigenvalue weighted by atomic mass is 32.2. The van der Waals surface area contributed by atoms with E-state index in [1.807, 2.05) is 6.26 Å². The average Bonchev–Trinajstić information content (AvgIpc) is 3.52. The monoisotopic (exact) mass is 639 g/mol. The Morgan fingerprint density at radius 3 is 2.64 bits per heavy atom. The lowest BCUT2D eigenvalue weighted by atomic mass is 9.92. The van der Waals surface area contributed by atoms with Crippen molar-refractivity contribution in [1.29, 1.82) is 0 Å². The number of aliphatic hydroxyl groups excluding tert-OH is 1. The van der Waals surface area contributed by atoms with E-state index >= 15 is 0 Å². The van der Waals surface area contributed by atoms with Crippen LogP contribution in [0.2, 0.25) is 0 Å². The molecular weight excluding hydrogens is 592 g/mol. The van der Waals surface area contributed by atoms with Crippen molar-refractivity contribution in [2.75, 3.05) is 26.0 Å². The second kappa shape index (κ2) is 14.7. The first-order chi connectivity index (χ1) is 21.8. The summed E-state index contributed by atoms with van der Waals surface area (Å²) in [5, 5.41) is 10.4. The predicted molar refractivity (Wildman–Crippen MR) is 176 cm³/mol. The topological polar surface area (TPSA) is 51.2 Å². The lowest BCUT2D eigenvalue weighted by molar-refractivity contribution is -0.0605. The summed E-state index contributed by atoms with van der Waals surface area (Å²) >= 11 is 1.66. The molecule has 6 unspecified atom stereocenters.